The Kier molecular flexibility index (Phi) is 4.29. The van der Waals surface area contributed by atoms with Crippen LogP contribution in [0.2, 0.25) is 0 Å². The molecule has 0 spiro atoms. The molecule has 0 bridgehead atoms. The highest BCUT2D eigenvalue weighted by atomic mass is 16.4. The van der Waals surface area contributed by atoms with Crippen molar-refractivity contribution in [2.75, 3.05) is 42.5 Å². The summed E-state index contributed by atoms with van der Waals surface area (Å²) < 4.78 is 0. The van der Waals surface area contributed by atoms with Crippen LogP contribution in [0.25, 0.3) is 0 Å². The van der Waals surface area contributed by atoms with Gasteiger partial charge < -0.3 is 20.2 Å². The van der Waals surface area contributed by atoms with E-state index in [0.717, 1.165) is 43.9 Å². The van der Waals surface area contributed by atoms with E-state index in [0.29, 0.717) is 6.42 Å². The van der Waals surface area contributed by atoms with Gasteiger partial charge in [0.05, 0.1) is 6.42 Å². The van der Waals surface area contributed by atoms with Gasteiger partial charge in [-0.3, -0.25) is 9.59 Å². The van der Waals surface area contributed by atoms with Gasteiger partial charge in [0, 0.05) is 50.5 Å². The number of nitrogens with zero attached hydrogens (tertiary/aromatic N) is 2. The molecule has 1 aromatic carbocycles. The van der Waals surface area contributed by atoms with Gasteiger partial charge in [-0.15, -0.1) is 0 Å². The molecule has 0 atom stereocenters. The van der Waals surface area contributed by atoms with Gasteiger partial charge in [-0.2, -0.15) is 0 Å². The molecule has 2 aliphatic rings. The molecular formula is C16H21N3O3. The number of hydrogen-bond acceptors (Lipinski definition) is 4. The van der Waals surface area contributed by atoms with Crippen molar-refractivity contribution < 1.29 is 14.7 Å². The van der Waals surface area contributed by atoms with Crippen LogP contribution in [0.4, 0.5) is 11.4 Å². The Hall–Kier alpha value is -2.08. The lowest BCUT2D eigenvalue weighted by molar-refractivity contribution is -0.136. The lowest BCUT2D eigenvalue weighted by Gasteiger charge is -2.33. The van der Waals surface area contributed by atoms with Gasteiger partial charge in [0.15, 0.2) is 0 Å². The van der Waals surface area contributed by atoms with E-state index in [4.69, 9.17) is 5.11 Å². The molecule has 0 saturated carbocycles. The van der Waals surface area contributed by atoms with Crippen LogP contribution in [0.5, 0.6) is 0 Å². The van der Waals surface area contributed by atoms with E-state index in [2.05, 4.69) is 16.3 Å². The highest BCUT2D eigenvalue weighted by Crippen LogP contribution is 2.31. The third-order valence-corrected chi connectivity index (χ3v) is 4.29. The molecular weight excluding hydrogens is 282 g/mol. The Labute approximate surface area is 129 Å². The van der Waals surface area contributed by atoms with E-state index in [1.807, 2.05) is 12.1 Å². The summed E-state index contributed by atoms with van der Waals surface area (Å²) in [7, 11) is 0. The summed E-state index contributed by atoms with van der Waals surface area (Å²) in [6.07, 6.45) is 1.17. The highest BCUT2D eigenvalue weighted by Gasteiger charge is 2.25. The van der Waals surface area contributed by atoms with E-state index >= 15 is 0 Å². The molecule has 6 nitrogen and oxygen atoms in total. The molecule has 1 saturated heterocycles. The molecule has 0 aliphatic carbocycles. The van der Waals surface area contributed by atoms with Gasteiger partial charge in [0.2, 0.25) is 5.91 Å². The Bertz CT molecular complexity index is 582. The number of carboxylic acid groups (broad SMARTS) is 1. The van der Waals surface area contributed by atoms with Crippen molar-refractivity contribution in [1.82, 2.24) is 5.32 Å². The van der Waals surface area contributed by atoms with Crippen LogP contribution in [0, 0.1) is 0 Å². The average molecular weight is 303 g/mol. The molecule has 1 amide bonds. The number of carboxylic acids is 1. The lowest BCUT2D eigenvalue weighted by atomic mass is 9.99. The van der Waals surface area contributed by atoms with Gasteiger partial charge >= 0.3 is 5.97 Å². The van der Waals surface area contributed by atoms with Crippen molar-refractivity contribution in [2.45, 2.75) is 19.3 Å². The topological polar surface area (TPSA) is 72.9 Å². The number of hydrogen-bond donors (Lipinski definition) is 2. The van der Waals surface area contributed by atoms with E-state index in [1.54, 1.807) is 4.90 Å². The molecule has 0 unspecified atom stereocenters. The fourth-order valence-electron chi connectivity index (χ4n) is 3.12. The summed E-state index contributed by atoms with van der Waals surface area (Å²) in [5.41, 5.74) is 3.20. The van der Waals surface area contributed by atoms with Gasteiger partial charge in [-0.1, -0.05) is 0 Å². The molecule has 2 N–H and O–H groups in total. The summed E-state index contributed by atoms with van der Waals surface area (Å²) in [5, 5.41) is 12.2. The zero-order chi connectivity index (χ0) is 15.5. The minimum atomic E-state index is -0.877. The van der Waals surface area contributed by atoms with E-state index in [1.165, 1.54) is 5.69 Å². The smallest absolute Gasteiger partial charge is 0.305 e. The standard InChI is InChI=1S/C16H21N3O3/c20-15-4-1-12-11-13(18-9-6-17-7-10-18)2-3-14(12)19(15)8-5-16(21)22/h2-3,11,17H,1,4-10H2,(H,21,22). The summed E-state index contributed by atoms with van der Waals surface area (Å²) in [6, 6.07) is 6.16. The predicted octanol–water partition coefficient (Wildman–Crippen LogP) is 0.850. The second-order valence-corrected chi connectivity index (χ2v) is 5.74. The predicted molar refractivity (Wildman–Crippen MR) is 84.5 cm³/mol. The molecule has 2 heterocycles. The van der Waals surface area contributed by atoms with Crippen LogP contribution in [0.15, 0.2) is 18.2 Å². The van der Waals surface area contributed by atoms with Gasteiger partial charge in [0.25, 0.3) is 0 Å². The second-order valence-electron chi connectivity index (χ2n) is 5.74. The maximum atomic E-state index is 12.1. The number of fused-ring (bicyclic) bond motifs is 1. The number of nitrogens with one attached hydrogen (secondary N) is 1. The minimum Gasteiger partial charge on any atom is -0.481 e. The van der Waals surface area contributed by atoms with Crippen molar-refractivity contribution in [3.05, 3.63) is 23.8 Å². The molecule has 0 radical (unpaired) electrons. The Balaban J connectivity index is 1.82. The number of benzene rings is 1. The molecule has 2 aliphatic heterocycles. The number of piperazine rings is 1. The quantitative estimate of drug-likeness (QED) is 0.863. The van der Waals surface area contributed by atoms with Crippen molar-refractivity contribution >= 4 is 23.3 Å². The normalized spacial score (nSPS) is 18.3. The molecule has 3 rings (SSSR count). The van der Waals surface area contributed by atoms with Crippen LogP contribution >= 0.6 is 0 Å². The first kappa shape index (κ1) is 14.8. The molecule has 1 aromatic rings. The van der Waals surface area contributed by atoms with E-state index in [9.17, 15) is 9.59 Å². The number of anilines is 2. The SMILES string of the molecule is O=C(O)CCN1C(=O)CCc2cc(N3CCNCC3)ccc21. The minimum absolute atomic E-state index is 0.0173. The summed E-state index contributed by atoms with van der Waals surface area (Å²) >= 11 is 0. The molecule has 6 heteroatoms. The number of amides is 1. The number of aliphatic carboxylic acids is 1. The summed E-state index contributed by atoms with van der Waals surface area (Å²) in [4.78, 5) is 26.8. The summed E-state index contributed by atoms with van der Waals surface area (Å²) in [6.45, 7) is 4.19. The first-order valence-corrected chi connectivity index (χ1v) is 7.76. The summed E-state index contributed by atoms with van der Waals surface area (Å²) in [5.74, 6) is -0.860. The number of aryl methyl sites for hydroxylation is 1. The third kappa shape index (κ3) is 3.06. The van der Waals surface area contributed by atoms with Crippen molar-refractivity contribution in [2.24, 2.45) is 0 Å². The van der Waals surface area contributed by atoms with Gasteiger partial charge in [-0.05, 0) is 30.2 Å². The maximum absolute atomic E-state index is 12.1. The van der Waals surface area contributed by atoms with Crippen LogP contribution in [0.3, 0.4) is 0 Å². The van der Waals surface area contributed by atoms with Crippen LogP contribution in [-0.2, 0) is 16.0 Å². The van der Waals surface area contributed by atoms with Crippen molar-refractivity contribution in [3.63, 3.8) is 0 Å². The maximum Gasteiger partial charge on any atom is 0.305 e. The zero-order valence-electron chi connectivity index (χ0n) is 12.5. The number of carbonyl (C=O) groups excluding carboxylic acids is 1. The zero-order valence-corrected chi connectivity index (χ0v) is 12.5. The van der Waals surface area contributed by atoms with E-state index < -0.39 is 5.97 Å². The largest absolute Gasteiger partial charge is 0.481 e. The third-order valence-electron chi connectivity index (χ3n) is 4.29. The van der Waals surface area contributed by atoms with Crippen molar-refractivity contribution in [3.8, 4) is 0 Å². The average Bonchev–Trinajstić information content (AvgIpc) is 2.54. The fraction of sp³-hybridized carbons (Fsp3) is 0.500. The van der Waals surface area contributed by atoms with Gasteiger partial charge in [-0.25, -0.2) is 0 Å². The molecule has 22 heavy (non-hydrogen) atoms. The fourth-order valence-corrected chi connectivity index (χ4v) is 3.12. The Morgan fingerprint density at radius 2 is 2.00 bits per heavy atom. The van der Waals surface area contributed by atoms with Crippen LogP contribution in [-0.4, -0.2) is 49.7 Å². The first-order valence-electron chi connectivity index (χ1n) is 7.76. The van der Waals surface area contributed by atoms with E-state index in [-0.39, 0.29) is 18.9 Å². The van der Waals surface area contributed by atoms with Crippen LogP contribution < -0.4 is 15.1 Å². The monoisotopic (exact) mass is 303 g/mol. The molecule has 118 valence electrons. The van der Waals surface area contributed by atoms with Gasteiger partial charge in [0.1, 0.15) is 0 Å². The molecule has 0 aromatic heterocycles. The Morgan fingerprint density at radius 1 is 1.23 bits per heavy atom. The Morgan fingerprint density at radius 3 is 2.73 bits per heavy atom. The molecule has 1 fully saturated rings. The van der Waals surface area contributed by atoms with Crippen LogP contribution in [0.1, 0.15) is 18.4 Å². The highest BCUT2D eigenvalue weighted by molar-refractivity contribution is 5.97. The van der Waals surface area contributed by atoms with Crippen molar-refractivity contribution in [1.29, 1.82) is 0 Å². The lowest BCUT2D eigenvalue weighted by Crippen LogP contribution is -2.43. The number of carbonyl (C=O) groups is 2. The first-order chi connectivity index (χ1) is 10.6. The number of rotatable bonds is 4. The second kappa shape index (κ2) is 6.36.